The van der Waals surface area contributed by atoms with Crippen LogP contribution in [0.4, 0.5) is 0 Å². The molecular weight excluding hydrogens is 204 g/mol. The normalized spacial score (nSPS) is 26.6. The topological polar surface area (TPSA) is 46.5 Å². The van der Waals surface area contributed by atoms with E-state index < -0.39 is 11.7 Å². The molecule has 0 amide bonds. The first-order chi connectivity index (χ1) is 7.71. The number of rotatable bonds is 1. The van der Waals surface area contributed by atoms with Gasteiger partial charge in [-0.3, -0.25) is 4.79 Å². The maximum Gasteiger partial charge on any atom is 0.210 e. The summed E-state index contributed by atoms with van der Waals surface area (Å²) in [7, 11) is 0. The maximum atomic E-state index is 12.1. The van der Waals surface area contributed by atoms with Crippen LogP contribution in [0.1, 0.15) is 36.0 Å². The van der Waals surface area contributed by atoms with Crippen molar-refractivity contribution in [1.82, 2.24) is 0 Å². The standard InChI is InChI=1S/C13H14O3/c14-11-9-5-1-2-6-10(9)16-12(11)13(15)7-3-4-8-13/h1-2,5-6,12,15H,3-4,7-8H2. The van der Waals surface area contributed by atoms with Gasteiger partial charge in [0.15, 0.2) is 6.10 Å². The highest BCUT2D eigenvalue weighted by molar-refractivity contribution is 6.05. The number of carbonyl (C=O) groups excluding carboxylic acids is 1. The van der Waals surface area contributed by atoms with Gasteiger partial charge in [0.1, 0.15) is 11.4 Å². The summed E-state index contributed by atoms with van der Waals surface area (Å²) in [4.78, 5) is 12.1. The van der Waals surface area contributed by atoms with Gasteiger partial charge in [-0.15, -0.1) is 0 Å². The van der Waals surface area contributed by atoms with Crippen molar-refractivity contribution in [3.63, 3.8) is 0 Å². The van der Waals surface area contributed by atoms with Gasteiger partial charge in [-0.05, 0) is 25.0 Å². The Balaban J connectivity index is 1.95. The number of hydrogen-bond acceptors (Lipinski definition) is 3. The van der Waals surface area contributed by atoms with Crippen LogP contribution in [0.3, 0.4) is 0 Å². The zero-order valence-electron chi connectivity index (χ0n) is 8.98. The molecule has 1 heterocycles. The van der Waals surface area contributed by atoms with Gasteiger partial charge in [0, 0.05) is 0 Å². The van der Waals surface area contributed by atoms with Crippen molar-refractivity contribution in [3.8, 4) is 5.75 Å². The second-order valence-electron chi connectivity index (χ2n) is 4.67. The van der Waals surface area contributed by atoms with E-state index in [9.17, 15) is 9.90 Å². The van der Waals surface area contributed by atoms with Crippen molar-refractivity contribution in [3.05, 3.63) is 29.8 Å². The van der Waals surface area contributed by atoms with Crippen molar-refractivity contribution in [2.75, 3.05) is 0 Å². The van der Waals surface area contributed by atoms with Gasteiger partial charge in [0.25, 0.3) is 0 Å². The van der Waals surface area contributed by atoms with Gasteiger partial charge in [-0.1, -0.05) is 25.0 Å². The highest BCUT2D eigenvalue weighted by Crippen LogP contribution is 2.40. The van der Waals surface area contributed by atoms with Crippen LogP contribution >= 0.6 is 0 Å². The van der Waals surface area contributed by atoms with Gasteiger partial charge in [0.2, 0.25) is 5.78 Å². The predicted octanol–water partition coefficient (Wildman–Crippen LogP) is 1.94. The van der Waals surface area contributed by atoms with Crippen LogP contribution in [-0.2, 0) is 0 Å². The van der Waals surface area contributed by atoms with E-state index in [2.05, 4.69) is 0 Å². The summed E-state index contributed by atoms with van der Waals surface area (Å²) in [5, 5.41) is 10.4. The van der Waals surface area contributed by atoms with Gasteiger partial charge in [0.05, 0.1) is 5.56 Å². The van der Waals surface area contributed by atoms with Crippen molar-refractivity contribution in [1.29, 1.82) is 0 Å². The molecule has 1 aliphatic heterocycles. The van der Waals surface area contributed by atoms with Crippen LogP contribution in [0.25, 0.3) is 0 Å². The van der Waals surface area contributed by atoms with E-state index in [1.54, 1.807) is 12.1 Å². The fraction of sp³-hybridized carbons (Fsp3) is 0.462. The average molecular weight is 218 g/mol. The first-order valence-corrected chi connectivity index (χ1v) is 5.73. The fourth-order valence-electron chi connectivity index (χ4n) is 2.70. The molecule has 1 unspecified atom stereocenters. The second-order valence-corrected chi connectivity index (χ2v) is 4.67. The zero-order valence-corrected chi connectivity index (χ0v) is 8.98. The van der Waals surface area contributed by atoms with E-state index in [4.69, 9.17) is 4.74 Å². The molecule has 84 valence electrons. The summed E-state index contributed by atoms with van der Waals surface area (Å²) < 4.78 is 5.61. The lowest BCUT2D eigenvalue weighted by Crippen LogP contribution is -2.45. The molecule has 1 aliphatic carbocycles. The van der Waals surface area contributed by atoms with E-state index in [1.807, 2.05) is 12.1 Å². The predicted molar refractivity (Wildman–Crippen MR) is 58.6 cm³/mol. The Kier molecular flexibility index (Phi) is 2.04. The van der Waals surface area contributed by atoms with E-state index >= 15 is 0 Å². The Hall–Kier alpha value is -1.35. The van der Waals surface area contributed by atoms with Crippen LogP contribution in [0.2, 0.25) is 0 Å². The Morgan fingerprint density at radius 3 is 2.62 bits per heavy atom. The molecule has 3 nitrogen and oxygen atoms in total. The summed E-state index contributed by atoms with van der Waals surface area (Å²) in [6.45, 7) is 0. The summed E-state index contributed by atoms with van der Waals surface area (Å²) in [5.74, 6) is 0.540. The first kappa shape index (κ1) is 9.85. The van der Waals surface area contributed by atoms with E-state index in [-0.39, 0.29) is 5.78 Å². The minimum absolute atomic E-state index is 0.0694. The highest BCUT2D eigenvalue weighted by atomic mass is 16.5. The molecule has 3 heteroatoms. The van der Waals surface area contributed by atoms with Crippen LogP contribution in [0.15, 0.2) is 24.3 Å². The second kappa shape index (κ2) is 3.32. The lowest BCUT2D eigenvalue weighted by Gasteiger charge is -2.27. The molecule has 1 atom stereocenters. The quantitative estimate of drug-likeness (QED) is 0.783. The molecular formula is C13H14O3. The molecule has 2 aliphatic rings. The SMILES string of the molecule is O=C1c2ccccc2OC1C1(O)CCCC1. The van der Waals surface area contributed by atoms with Gasteiger partial charge >= 0.3 is 0 Å². The lowest BCUT2D eigenvalue weighted by molar-refractivity contribution is -0.0358. The Morgan fingerprint density at radius 2 is 1.94 bits per heavy atom. The largest absolute Gasteiger partial charge is 0.478 e. The molecule has 1 saturated carbocycles. The number of ether oxygens (including phenoxy) is 1. The number of aliphatic hydroxyl groups is 1. The smallest absolute Gasteiger partial charge is 0.210 e. The Labute approximate surface area is 94.0 Å². The lowest BCUT2D eigenvalue weighted by atomic mass is 9.91. The van der Waals surface area contributed by atoms with Crippen molar-refractivity contribution in [2.24, 2.45) is 0 Å². The number of carbonyl (C=O) groups is 1. The van der Waals surface area contributed by atoms with Crippen LogP contribution in [-0.4, -0.2) is 22.6 Å². The average Bonchev–Trinajstić information content (AvgIpc) is 2.86. The van der Waals surface area contributed by atoms with Crippen molar-refractivity contribution >= 4 is 5.78 Å². The molecule has 0 aromatic heterocycles. The molecule has 1 fully saturated rings. The first-order valence-electron chi connectivity index (χ1n) is 5.73. The van der Waals surface area contributed by atoms with Crippen LogP contribution in [0.5, 0.6) is 5.75 Å². The third-order valence-electron chi connectivity index (χ3n) is 3.59. The van der Waals surface area contributed by atoms with E-state index in [0.29, 0.717) is 24.2 Å². The number of fused-ring (bicyclic) bond motifs is 1. The number of hydrogen-bond donors (Lipinski definition) is 1. The monoisotopic (exact) mass is 218 g/mol. The van der Waals surface area contributed by atoms with Crippen molar-refractivity contribution in [2.45, 2.75) is 37.4 Å². The van der Waals surface area contributed by atoms with Crippen molar-refractivity contribution < 1.29 is 14.6 Å². The molecule has 3 rings (SSSR count). The molecule has 0 saturated heterocycles. The Morgan fingerprint density at radius 1 is 1.25 bits per heavy atom. The number of para-hydroxylation sites is 1. The van der Waals surface area contributed by atoms with Gasteiger partial charge in [-0.25, -0.2) is 0 Å². The molecule has 0 radical (unpaired) electrons. The van der Waals surface area contributed by atoms with Gasteiger partial charge < -0.3 is 9.84 Å². The zero-order chi connectivity index (χ0) is 11.2. The Bertz CT molecular complexity index is 433. The van der Waals surface area contributed by atoms with Crippen LogP contribution < -0.4 is 4.74 Å². The third-order valence-corrected chi connectivity index (χ3v) is 3.59. The summed E-state index contributed by atoms with van der Waals surface area (Å²) in [6.07, 6.45) is 2.58. The van der Waals surface area contributed by atoms with E-state index in [0.717, 1.165) is 12.8 Å². The third kappa shape index (κ3) is 1.28. The molecule has 0 bridgehead atoms. The molecule has 1 aromatic carbocycles. The van der Waals surface area contributed by atoms with Gasteiger partial charge in [-0.2, -0.15) is 0 Å². The summed E-state index contributed by atoms with van der Waals surface area (Å²) in [6, 6.07) is 7.20. The molecule has 16 heavy (non-hydrogen) atoms. The fourth-order valence-corrected chi connectivity index (χ4v) is 2.70. The number of benzene rings is 1. The minimum atomic E-state index is -0.948. The molecule has 1 N–H and O–H groups in total. The van der Waals surface area contributed by atoms with E-state index in [1.165, 1.54) is 0 Å². The number of Topliss-reactive ketones (excluding diaryl/α,β-unsaturated/α-hetero) is 1. The molecule has 0 spiro atoms. The summed E-state index contributed by atoms with van der Waals surface area (Å²) in [5.41, 5.74) is -0.344. The minimum Gasteiger partial charge on any atom is -0.478 e. The number of ketones is 1. The summed E-state index contributed by atoms with van der Waals surface area (Å²) >= 11 is 0. The highest BCUT2D eigenvalue weighted by Gasteiger charge is 2.49. The van der Waals surface area contributed by atoms with Crippen LogP contribution in [0, 0.1) is 0 Å². The molecule has 1 aromatic rings. The maximum absolute atomic E-state index is 12.1.